The maximum Gasteiger partial charge on any atom is 0.144 e. The van der Waals surface area contributed by atoms with Crippen LogP contribution in [0.4, 0.5) is 11.5 Å². The van der Waals surface area contributed by atoms with Gasteiger partial charge in [-0.15, -0.1) is 0 Å². The van der Waals surface area contributed by atoms with Crippen molar-refractivity contribution in [3.05, 3.63) is 54.1 Å². The first-order valence-electron chi connectivity index (χ1n) is 8.21. The smallest absolute Gasteiger partial charge is 0.144 e. The van der Waals surface area contributed by atoms with Crippen molar-refractivity contribution in [1.29, 1.82) is 5.26 Å². The zero-order chi connectivity index (χ0) is 16.5. The van der Waals surface area contributed by atoms with E-state index in [1.54, 1.807) is 0 Å². The van der Waals surface area contributed by atoms with Crippen molar-refractivity contribution in [2.45, 2.75) is 12.8 Å². The molecule has 0 aliphatic carbocycles. The topological polar surface area (TPSA) is 65.9 Å². The molecule has 1 aliphatic rings. The summed E-state index contributed by atoms with van der Waals surface area (Å²) in [4.78, 5) is 6.72. The molecule has 2 heterocycles. The van der Waals surface area contributed by atoms with Gasteiger partial charge in [0.2, 0.25) is 0 Å². The number of hydrogen-bond acceptors (Lipinski definition) is 4. The average molecular weight is 314 g/mol. The average Bonchev–Trinajstić information content (AvgIpc) is 3.15. The third-order valence-corrected chi connectivity index (χ3v) is 4.63. The van der Waals surface area contributed by atoms with Crippen LogP contribution in [-0.2, 0) is 0 Å². The Kier molecular flexibility index (Phi) is 3.55. The van der Waals surface area contributed by atoms with E-state index in [1.807, 2.05) is 18.2 Å². The number of benzene rings is 2. The summed E-state index contributed by atoms with van der Waals surface area (Å²) in [6.07, 6.45) is 2.30. The number of nitrogens with two attached hydrogens (primary N) is 1. The number of fused-ring (bicyclic) bond motifs is 1. The predicted octanol–water partition coefficient (Wildman–Crippen LogP) is 3.96. The molecule has 0 unspecified atom stereocenters. The van der Waals surface area contributed by atoms with Gasteiger partial charge in [0.05, 0.1) is 11.4 Å². The Morgan fingerprint density at radius 2 is 1.75 bits per heavy atom. The molecule has 0 atom stereocenters. The highest BCUT2D eigenvalue weighted by Gasteiger charge is 2.20. The van der Waals surface area contributed by atoms with Gasteiger partial charge in [-0.3, -0.25) is 0 Å². The molecule has 0 radical (unpaired) electrons. The first kappa shape index (κ1) is 14.5. The second-order valence-corrected chi connectivity index (χ2v) is 6.15. The minimum absolute atomic E-state index is 0.310. The fourth-order valence-electron chi connectivity index (χ4n) is 3.37. The summed E-state index contributed by atoms with van der Waals surface area (Å²) in [5, 5.41) is 11.8. The molecule has 118 valence electrons. The van der Waals surface area contributed by atoms with Gasteiger partial charge in [0.1, 0.15) is 17.5 Å². The fraction of sp³-hybridized carbons (Fsp3) is 0.200. The standard InChI is InChI=1S/C20H18N4/c21-13-17-19(24-9-3-4-10-24)12-18(23-20(17)22)16-8-7-14-5-1-2-6-15(14)11-16/h1-2,5-8,11-12H,3-4,9-10H2,(H2,22,23). The van der Waals surface area contributed by atoms with Crippen LogP contribution in [0.25, 0.3) is 22.0 Å². The number of aromatic nitrogens is 1. The number of nitrogens with zero attached hydrogens (tertiary/aromatic N) is 3. The van der Waals surface area contributed by atoms with E-state index in [-0.39, 0.29) is 0 Å². The van der Waals surface area contributed by atoms with Crippen LogP contribution in [0.5, 0.6) is 0 Å². The van der Waals surface area contributed by atoms with E-state index in [9.17, 15) is 5.26 Å². The van der Waals surface area contributed by atoms with E-state index in [0.717, 1.165) is 42.9 Å². The Balaban J connectivity index is 1.86. The Bertz CT molecular complexity index is 950. The first-order valence-corrected chi connectivity index (χ1v) is 8.21. The maximum absolute atomic E-state index is 9.47. The van der Waals surface area contributed by atoms with Gasteiger partial charge >= 0.3 is 0 Å². The highest BCUT2D eigenvalue weighted by Crippen LogP contribution is 2.32. The SMILES string of the molecule is N#Cc1c(N2CCCC2)cc(-c2ccc3ccccc3c2)nc1N. The number of anilines is 2. The van der Waals surface area contributed by atoms with Crippen molar-refractivity contribution in [3.63, 3.8) is 0 Å². The van der Waals surface area contributed by atoms with E-state index in [0.29, 0.717) is 11.4 Å². The molecule has 24 heavy (non-hydrogen) atoms. The molecule has 0 spiro atoms. The van der Waals surface area contributed by atoms with Crippen LogP contribution < -0.4 is 10.6 Å². The molecule has 1 aromatic heterocycles. The number of rotatable bonds is 2. The van der Waals surface area contributed by atoms with Crippen LogP contribution in [0.2, 0.25) is 0 Å². The molecule has 4 rings (SSSR count). The summed E-state index contributed by atoms with van der Waals surface area (Å²) >= 11 is 0. The highest BCUT2D eigenvalue weighted by molar-refractivity contribution is 5.87. The molecule has 0 saturated carbocycles. The lowest BCUT2D eigenvalue weighted by atomic mass is 10.0. The van der Waals surface area contributed by atoms with Crippen molar-refractivity contribution in [3.8, 4) is 17.3 Å². The van der Waals surface area contributed by atoms with Crippen LogP contribution in [0.3, 0.4) is 0 Å². The van der Waals surface area contributed by atoms with Gasteiger partial charge in [-0.05, 0) is 35.7 Å². The molecule has 1 aliphatic heterocycles. The molecule has 0 bridgehead atoms. The van der Waals surface area contributed by atoms with Crippen molar-refractivity contribution in [2.75, 3.05) is 23.7 Å². The van der Waals surface area contributed by atoms with Crippen molar-refractivity contribution < 1.29 is 0 Å². The zero-order valence-electron chi connectivity index (χ0n) is 13.4. The molecule has 1 fully saturated rings. The predicted molar refractivity (Wildman–Crippen MR) is 97.8 cm³/mol. The molecule has 3 aromatic rings. The van der Waals surface area contributed by atoms with Gasteiger partial charge in [0, 0.05) is 18.7 Å². The van der Waals surface area contributed by atoms with Crippen LogP contribution >= 0.6 is 0 Å². The highest BCUT2D eigenvalue weighted by atomic mass is 15.1. The van der Waals surface area contributed by atoms with Crippen LogP contribution in [0.1, 0.15) is 18.4 Å². The minimum Gasteiger partial charge on any atom is -0.383 e. The van der Waals surface area contributed by atoms with Crippen LogP contribution in [-0.4, -0.2) is 18.1 Å². The van der Waals surface area contributed by atoms with Gasteiger partial charge in [-0.2, -0.15) is 5.26 Å². The Morgan fingerprint density at radius 3 is 2.50 bits per heavy atom. The third kappa shape index (κ3) is 2.44. The number of nitriles is 1. The van der Waals surface area contributed by atoms with Gasteiger partial charge in [-0.1, -0.05) is 36.4 Å². The molecule has 4 heteroatoms. The molecule has 4 nitrogen and oxygen atoms in total. The number of pyridine rings is 1. The lowest BCUT2D eigenvalue weighted by molar-refractivity contribution is 0.949. The number of nitrogen functional groups attached to an aromatic ring is 1. The van der Waals surface area contributed by atoms with Crippen molar-refractivity contribution in [2.24, 2.45) is 0 Å². The lowest BCUT2D eigenvalue weighted by Crippen LogP contribution is -2.20. The van der Waals surface area contributed by atoms with E-state index in [4.69, 9.17) is 5.73 Å². The summed E-state index contributed by atoms with van der Waals surface area (Å²) in [5.41, 5.74) is 9.32. The normalized spacial score (nSPS) is 14.0. The third-order valence-electron chi connectivity index (χ3n) is 4.63. The molecule has 2 N–H and O–H groups in total. The molecule has 2 aromatic carbocycles. The van der Waals surface area contributed by atoms with E-state index in [2.05, 4.69) is 46.3 Å². The van der Waals surface area contributed by atoms with Crippen LogP contribution in [0.15, 0.2) is 48.5 Å². The first-order chi connectivity index (χ1) is 11.8. The second kappa shape index (κ2) is 5.86. The van der Waals surface area contributed by atoms with Gasteiger partial charge in [0.25, 0.3) is 0 Å². The summed E-state index contributed by atoms with van der Waals surface area (Å²) < 4.78 is 0. The monoisotopic (exact) mass is 314 g/mol. The summed E-state index contributed by atoms with van der Waals surface area (Å²) in [6.45, 7) is 1.94. The largest absolute Gasteiger partial charge is 0.383 e. The minimum atomic E-state index is 0.310. The molecule has 0 amide bonds. The van der Waals surface area contributed by atoms with Crippen molar-refractivity contribution >= 4 is 22.3 Å². The van der Waals surface area contributed by atoms with Gasteiger partial charge < -0.3 is 10.6 Å². The van der Waals surface area contributed by atoms with E-state index in [1.165, 1.54) is 10.8 Å². The maximum atomic E-state index is 9.47. The molecule has 1 saturated heterocycles. The summed E-state index contributed by atoms with van der Waals surface area (Å²) in [6, 6.07) is 18.7. The Labute approximate surface area is 141 Å². The molecular formula is C20H18N4. The van der Waals surface area contributed by atoms with E-state index >= 15 is 0 Å². The number of hydrogen-bond donors (Lipinski definition) is 1. The Hall–Kier alpha value is -3.06. The van der Waals surface area contributed by atoms with Gasteiger partial charge in [-0.25, -0.2) is 4.98 Å². The lowest BCUT2D eigenvalue weighted by Gasteiger charge is -2.20. The summed E-state index contributed by atoms with van der Waals surface area (Å²) in [7, 11) is 0. The summed E-state index contributed by atoms with van der Waals surface area (Å²) in [5.74, 6) is 0.310. The quantitative estimate of drug-likeness (QED) is 0.777. The zero-order valence-corrected chi connectivity index (χ0v) is 13.4. The van der Waals surface area contributed by atoms with Gasteiger partial charge in [0.15, 0.2) is 0 Å². The van der Waals surface area contributed by atoms with E-state index < -0.39 is 0 Å². The van der Waals surface area contributed by atoms with Crippen LogP contribution in [0, 0.1) is 11.3 Å². The fourth-order valence-corrected chi connectivity index (χ4v) is 3.37. The molecular weight excluding hydrogens is 296 g/mol. The van der Waals surface area contributed by atoms with Crippen molar-refractivity contribution in [1.82, 2.24) is 4.98 Å². The Morgan fingerprint density at radius 1 is 1.00 bits per heavy atom. The second-order valence-electron chi connectivity index (χ2n) is 6.15.